The SMILES string of the molecule is CCCOc1ccc(C(O)=C2C(=O)C(=O)N(c3nnc(SCc4cccc5ccccc45)s3)C2c2ccc(OCCC)c(OCC)c2)cc1. The third kappa shape index (κ3) is 7.28. The third-order valence-electron chi connectivity index (χ3n) is 7.92. The summed E-state index contributed by atoms with van der Waals surface area (Å²) in [4.78, 5) is 29.0. The second-order valence-electron chi connectivity index (χ2n) is 11.3. The number of thioether (sulfide) groups is 1. The Morgan fingerprint density at radius 2 is 1.61 bits per heavy atom. The number of ketones is 1. The summed E-state index contributed by atoms with van der Waals surface area (Å²) in [5, 5.41) is 23.0. The molecule has 1 aliphatic rings. The van der Waals surface area contributed by atoms with Crippen molar-refractivity contribution in [2.24, 2.45) is 0 Å². The van der Waals surface area contributed by atoms with Crippen molar-refractivity contribution < 1.29 is 28.9 Å². The van der Waals surface area contributed by atoms with E-state index in [0.29, 0.717) is 58.3 Å². The fourth-order valence-electron chi connectivity index (χ4n) is 5.64. The van der Waals surface area contributed by atoms with Gasteiger partial charge in [-0.1, -0.05) is 85.5 Å². The van der Waals surface area contributed by atoms with Gasteiger partial charge in [-0.05, 0) is 78.1 Å². The number of rotatable bonds is 14. The van der Waals surface area contributed by atoms with Gasteiger partial charge in [-0.2, -0.15) is 0 Å². The molecule has 0 spiro atoms. The number of ether oxygens (including phenoxy) is 3. The number of hydrogen-bond donors (Lipinski definition) is 1. The molecule has 4 aromatic carbocycles. The number of carbonyl (C=O) groups excluding carboxylic acids is 2. The maximum atomic E-state index is 13.8. The monoisotopic (exact) mass is 695 g/mol. The van der Waals surface area contributed by atoms with Crippen LogP contribution in [0.3, 0.4) is 0 Å². The van der Waals surface area contributed by atoms with Crippen LogP contribution in [-0.4, -0.2) is 46.8 Å². The van der Waals surface area contributed by atoms with Crippen molar-refractivity contribution in [1.82, 2.24) is 10.2 Å². The molecule has 1 amide bonds. The average Bonchev–Trinajstić information content (AvgIpc) is 3.70. The van der Waals surface area contributed by atoms with E-state index in [9.17, 15) is 14.7 Å². The minimum absolute atomic E-state index is 0.0583. The largest absolute Gasteiger partial charge is 0.507 e. The van der Waals surface area contributed by atoms with E-state index in [2.05, 4.69) is 34.5 Å². The number of hydrogen-bond acceptors (Lipinski definition) is 10. The molecule has 5 aromatic rings. The van der Waals surface area contributed by atoms with Crippen LogP contribution < -0.4 is 19.1 Å². The molecule has 1 N–H and O–H groups in total. The molecule has 1 saturated heterocycles. The zero-order chi connectivity index (χ0) is 34.3. The van der Waals surface area contributed by atoms with Gasteiger partial charge in [-0.25, -0.2) is 0 Å². The highest BCUT2D eigenvalue weighted by Crippen LogP contribution is 2.46. The van der Waals surface area contributed by atoms with E-state index in [1.165, 1.54) is 28.0 Å². The molecule has 49 heavy (non-hydrogen) atoms. The predicted octanol–water partition coefficient (Wildman–Crippen LogP) is 8.59. The van der Waals surface area contributed by atoms with Crippen molar-refractivity contribution in [3.05, 3.63) is 107 Å². The number of aliphatic hydroxyl groups excluding tert-OH is 1. The van der Waals surface area contributed by atoms with Crippen LogP contribution in [0.2, 0.25) is 0 Å². The molecule has 1 unspecified atom stereocenters. The lowest BCUT2D eigenvalue weighted by Gasteiger charge is -2.23. The second-order valence-corrected chi connectivity index (χ2v) is 13.5. The average molecular weight is 696 g/mol. The lowest BCUT2D eigenvalue weighted by Crippen LogP contribution is -2.29. The molecule has 2 heterocycles. The van der Waals surface area contributed by atoms with Gasteiger partial charge in [-0.3, -0.25) is 14.5 Å². The summed E-state index contributed by atoms with van der Waals surface area (Å²) < 4.78 is 18.2. The normalized spacial score (nSPS) is 15.6. The van der Waals surface area contributed by atoms with Gasteiger partial charge in [0.1, 0.15) is 11.5 Å². The van der Waals surface area contributed by atoms with Crippen LogP contribution in [0.1, 0.15) is 56.3 Å². The molecule has 0 bridgehead atoms. The summed E-state index contributed by atoms with van der Waals surface area (Å²) in [5.41, 5.74) is 2.02. The fraction of sp³-hybridized carbons (Fsp3) is 0.263. The van der Waals surface area contributed by atoms with Gasteiger partial charge in [0.15, 0.2) is 15.8 Å². The van der Waals surface area contributed by atoms with E-state index in [1.807, 2.05) is 39.0 Å². The van der Waals surface area contributed by atoms with Gasteiger partial charge in [0, 0.05) is 11.3 Å². The molecular formula is C38H37N3O6S2. The molecule has 1 aliphatic heterocycles. The maximum absolute atomic E-state index is 13.8. The Hall–Kier alpha value is -4.87. The van der Waals surface area contributed by atoms with E-state index >= 15 is 0 Å². The number of Topliss-reactive ketones (excluding diaryl/α,β-unsaturated/α-hetero) is 1. The van der Waals surface area contributed by atoms with Gasteiger partial charge in [-0.15, -0.1) is 10.2 Å². The molecule has 252 valence electrons. The standard InChI is InChI=1S/C38H37N3O6S2/c1-4-20-46-28-17-14-25(15-18-28)34(42)32-33(26-16-19-30(47-21-5-2)31(22-26)45-6-3)41(36(44)35(32)43)37-39-40-38(49-37)48-23-27-12-9-11-24-10-7-8-13-29(24)27/h7-19,22,33,42H,4-6,20-21,23H2,1-3H3. The van der Waals surface area contributed by atoms with Gasteiger partial charge < -0.3 is 19.3 Å². The maximum Gasteiger partial charge on any atom is 0.301 e. The van der Waals surface area contributed by atoms with Crippen molar-refractivity contribution in [2.75, 3.05) is 24.7 Å². The Morgan fingerprint density at radius 1 is 0.857 bits per heavy atom. The number of carbonyl (C=O) groups is 2. The van der Waals surface area contributed by atoms with Gasteiger partial charge in [0.25, 0.3) is 5.78 Å². The first kappa shape index (κ1) is 34.0. The minimum Gasteiger partial charge on any atom is -0.507 e. The number of nitrogens with zero attached hydrogens (tertiary/aromatic N) is 3. The molecule has 6 rings (SSSR count). The summed E-state index contributed by atoms with van der Waals surface area (Å²) in [7, 11) is 0. The van der Waals surface area contributed by atoms with Crippen molar-refractivity contribution in [1.29, 1.82) is 0 Å². The van der Waals surface area contributed by atoms with E-state index in [-0.39, 0.29) is 16.5 Å². The molecule has 1 fully saturated rings. The van der Waals surface area contributed by atoms with Crippen LogP contribution in [-0.2, 0) is 15.3 Å². The van der Waals surface area contributed by atoms with Crippen LogP contribution in [0.15, 0.2) is 94.8 Å². The van der Waals surface area contributed by atoms with Crippen molar-refractivity contribution in [3.63, 3.8) is 0 Å². The zero-order valence-electron chi connectivity index (χ0n) is 27.5. The molecule has 1 atom stereocenters. The first-order chi connectivity index (χ1) is 23.9. The van der Waals surface area contributed by atoms with Gasteiger partial charge in [0.05, 0.1) is 31.4 Å². The number of fused-ring (bicyclic) bond motifs is 1. The summed E-state index contributed by atoms with van der Waals surface area (Å²) in [6.45, 7) is 7.34. The van der Waals surface area contributed by atoms with Crippen molar-refractivity contribution in [3.8, 4) is 17.2 Å². The number of anilines is 1. The number of amides is 1. The molecule has 0 saturated carbocycles. The van der Waals surface area contributed by atoms with Crippen LogP contribution in [0.25, 0.3) is 16.5 Å². The summed E-state index contributed by atoms with van der Waals surface area (Å²) in [6, 6.07) is 25.5. The summed E-state index contributed by atoms with van der Waals surface area (Å²) in [6.07, 6.45) is 1.67. The predicted molar refractivity (Wildman–Crippen MR) is 194 cm³/mol. The first-order valence-electron chi connectivity index (χ1n) is 16.3. The van der Waals surface area contributed by atoms with Crippen molar-refractivity contribution in [2.45, 2.75) is 49.7 Å². The Kier molecular flexibility index (Phi) is 10.8. The van der Waals surface area contributed by atoms with Gasteiger partial charge in [0.2, 0.25) is 5.13 Å². The molecule has 0 aliphatic carbocycles. The third-order valence-corrected chi connectivity index (χ3v) is 10.0. The van der Waals surface area contributed by atoms with E-state index in [0.717, 1.165) is 29.2 Å². The summed E-state index contributed by atoms with van der Waals surface area (Å²) >= 11 is 2.73. The van der Waals surface area contributed by atoms with Crippen LogP contribution in [0.5, 0.6) is 17.2 Å². The Labute approximate surface area is 293 Å². The van der Waals surface area contributed by atoms with E-state index in [4.69, 9.17) is 14.2 Å². The van der Waals surface area contributed by atoms with Crippen molar-refractivity contribution >= 4 is 56.5 Å². The van der Waals surface area contributed by atoms with Gasteiger partial charge >= 0.3 is 5.91 Å². The molecule has 0 radical (unpaired) electrons. The lowest BCUT2D eigenvalue weighted by atomic mass is 9.95. The first-order valence-corrected chi connectivity index (χ1v) is 18.1. The molecule has 9 nitrogen and oxygen atoms in total. The number of benzene rings is 4. The zero-order valence-corrected chi connectivity index (χ0v) is 29.2. The number of aromatic nitrogens is 2. The van der Waals surface area contributed by atoms with E-state index < -0.39 is 17.7 Å². The molecule has 1 aromatic heterocycles. The lowest BCUT2D eigenvalue weighted by molar-refractivity contribution is -0.132. The number of aliphatic hydroxyl groups is 1. The minimum atomic E-state index is -1.00. The van der Waals surface area contributed by atoms with Crippen LogP contribution in [0, 0.1) is 0 Å². The Bertz CT molecular complexity index is 1990. The quantitative estimate of drug-likeness (QED) is 0.0401. The highest BCUT2D eigenvalue weighted by Gasteiger charge is 2.48. The van der Waals surface area contributed by atoms with Crippen LogP contribution in [0.4, 0.5) is 5.13 Å². The highest BCUT2D eigenvalue weighted by atomic mass is 32.2. The Morgan fingerprint density at radius 3 is 2.39 bits per heavy atom. The highest BCUT2D eigenvalue weighted by molar-refractivity contribution is 8.00. The Balaban J connectivity index is 1.38. The fourth-order valence-corrected chi connectivity index (χ4v) is 7.51. The molecule has 11 heteroatoms. The van der Waals surface area contributed by atoms with Crippen LogP contribution >= 0.6 is 23.1 Å². The van der Waals surface area contributed by atoms with E-state index in [1.54, 1.807) is 42.5 Å². The topological polar surface area (TPSA) is 111 Å². The summed E-state index contributed by atoms with van der Waals surface area (Å²) in [5.74, 6) is 0.385. The molecular weight excluding hydrogens is 659 g/mol. The second kappa shape index (κ2) is 15.6. The smallest absolute Gasteiger partial charge is 0.301 e.